The number of hydrogen-bond acceptors (Lipinski definition) is 3. The van der Waals surface area contributed by atoms with E-state index in [2.05, 4.69) is 15.5 Å². The number of thiocarbonyl (C=S) groups is 1. The first-order valence-electron chi connectivity index (χ1n) is 10.1. The summed E-state index contributed by atoms with van der Waals surface area (Å²) in [5, 5.41) is 6.71. The van der Waals surface area contributed by atoms with Gasteiger partial charge in [-0.3, -0.25) is 9.59 Å². The van der Waals surface area contributed by atoms with Crippen molar-refractivity contribution in [3.63, 3.8) is 0 Å². The minimum atomic E-state index is -0.0854. The quantitative estimate of drug-likeness (QED) is 0.755. The van der Waals surface area contributed by atoms with Crippen LogP contribution in [0.25, 0.3) is 0 Å². The van der Waals surface area contributed by atoms with E-state index in [-0.39, 0.29) is 24.1 Å². The molecule has 1 fully saturated rings. The van der Waals surface area contributed by atoms with Crippen LogP contribution in [-0.4, -0.2) is 40.1 Å². The number of carbonyl (C=O) groups is 1. The summed E-state index contributed by atoms with van der Waals surface area (Å²) in [6.45, 7) is 4.44. The summed E-state index contributed by atoms with van der Waals surface area (Å²) < 4.78 is 1.91. The molecule has 0 saturated carbocycles. The van der Waals surface area contributed by atoms with E-state index in [1.807, 2.05) is 54.0 Å². The van der Waals surface area contributed by atoms with Crippen molar-refractivity contribution in [3.05, 3.63) is 70.1 Å². The number of benzene rings is 1. The predicted molar refractivity (Wildman–Crippen MR) is 117 cm³/mol. The minimum Gasteiger partial charge on any atom is -0.354 e. The van der Waals surface area contributed by atoms with Gasteiger partial charge in [0.25, 0.3) is 5.56 Å². The molecule has 2 bridgehead atoms. The second-order valence-corrected chi connectivity index (χ2v) is 8.35. The van der Waals surface area contributed by atoms with Gasteiger partial charge in [0.1, 0.15) is 0 Å². The van der Waals surface area contributed by atoms with E-state index in [9.17, 15) is 9.59 Å². The SMILES string of the molecule is CC(NC(=O)CNC(=S)N1CC2CC(C1)c1cccc(=O)n1C2)c1ccccc1. The van der Waals surface area contributed by atoms with Crippen LogP contribution in [-0.2, 0) is 11.3 Å². The lowest BCUT2D eigenvalue weighted by Gasteiger charge is -2.43. The molecule has 29 heavy (non-hydrogen) atoms. The molecule has 2 aromatic rings. The molecule has 2 N–H and O–H groups in total. The molecule has 0 spiro atoms. The van der Waals surface area contributed by atoms with Crippen molar-refractivity contribution in [3.8, 4) is 0 Å². The molecule has 152 valence electrons. The van der Waals surface area contributed by atoms with Gasteiger partial charge >= 0.3 is 0 Å². The maximum atomic E-state index is 12.3. The molecule has 1 aromatic carbocycles. The molecule has 0 aliphatic carbocycles. The standard InChI is InChI=1S/C22H26N4O2S/c1-15(17-6-3-2-4-7-17)24-20(27)11-23-22(29)25-12-16-10-18(14-25)19-8-5-9-21(28)26(19)13-16/h2-9,15-16,18H,10-14H2,1H3,(H,23,29)(H,24,27). The highest BCUT2D eigenvalue weighted by Gasteiger charge is 2.35. The Morgan fingerprint density at radius 1 is 1.14 bits per heavy atom. The third kappa shape index (κ3) is 4.34. The fourth-order valence-corrected chi connectivity index (χ4v) is 4.67. The normalized spacial score (nSPS) is 21.1. The van der Waals surface area contributed by atoms with Gasteiger partial charge in [0.05, 0.1) is 12.6 Å². The molecule has 1 amide bonds. The molecule has 6 nitrogen and oxygen atoms in total. The number of rotatable bonds is 4. The van der Waals surface area contributed by atoms with Gasteiger partial charge in [-0.1, -0.05) is 36.4 Å². The summed E-state index contributed by atoms with van der Waals surface area (Å²) in [4.78, 5) is 26.6. The lowest BCUT2D eigenvalue weighted by molar-refractivity contribution is -0.120. The average Bonchev–Trinajstić information content (AvgIpc) is 2.73. The number of nitrogens with zero attached hydrogens (tertiary/aromatic N) is 2. The van der Waals surface area contributed by atoms with Crippen LogP contribution >= 0.6 is 12.2 Å². The van der Waals surface area contributed by atoms with Crippen LogP contribution in [0.1, 0.15) is 36.6 Å². The highest BCUT2D eigenvalue weighted by molar-refractivity contribution is 7.80. The van der Waals surface area contributed by atoms with E-state index < -0.39 is 0 Å². The molecular formula is C22H26N4O2S. The maximum absolute atomic E-state index is 12.3. The van der Waals surface area contributed by atoms with Gasteiger partial charge in [-0.15, -0.1) is 0 Å². The van der Waals surface area contributed by atoms with Crippen LogP contribution in [0.3, 0.4) is 0 Å². The van der Waals surface area contributed by atoms with Crippen LogP contribution in [0.15, 0.2) is 53.3 Å². The highest BCUT2D eigenvalue weighted by atomic mass is 32.1. The van der Waals surface area contributed by atoms with Crippen molar-refractivity contribution in [1.82, 2.24) is 20.1 Å². The zero-order valence-electron chi connectivity index (χ0n) is 16.5. The lowest BCUT2D eigenvalue weighted by atomic mass is 9.83. The Hall–Kier alpha value is -2.67. The summed E-state index contributed by atoms with van der Waals surface area (Å²) >= 11 is 5.57. The largest absolute Gasteiger partial charge is 0.354 e. The molecule has 3 unspecified atom stereocenters. The summed E-state index contributed by atoms with van der Waals surface area (Å²) in [6, 6.07) is 15.3. The van der Waals surface area contributed by atoms with Crippen LogP contribution in [0.5, 0.6) is 0 Å². The van der Waals surface area contributed by atoms with Gasteiger partial charge in [-0.05, 0) is 43.1 Å². The Morgan fingerprint density at radius 3 is 2.72 bits per heavy atom. The van der Waals surface area contributed by atoms with Crippen LogP contribution in [0.2, 0.25) is 0 Å². The van der Waals surface area contributed by atoms with E-state index in [0.29, 0.717) is 16.9 Å². The molecule has 0 radical (unpaired) electrons. The number of pyridine rings is 1. The van der Waals surface area contributed by atoms with Crippen molar-refractivity contribution in [2.75, 3.05) is 19.6 Å². The van der Waals surface area contributed by atoms with E-state index in [4.69, 9.17) is 12.2 Å². The highest BCUT2D eigenvalue weighted by Crippen LogP contribution is 2.34. The number of carbonyl (C=O) groups excluding carboxylic acids is 1. The first-order chi connectivity index (χ1) is 14.0. The molecular weight excluding hydrogens is 384 g/mol. The number of fused-ring (bicyclic) bond motifs is 4. The van der Waals surface area contributed by atoms with Gasteiger partial charge < -0.3 is 20.1 Å². The zero-order valence-corrected chi connectivity index (χ0v) is 17.3. The van der Waals surface area contributed by atoms with Gasteiger partial charge in [0, 0.05) is 37.3 Å². The van der Waals surface area contributed by atoms with Crippen molar-refractivity contribution in [2.24, 2.45) is 5.92 Å². The number of piperidine rings is 1. The smallest absolute Gasteiger partial charge is 0.250 e. The van der Waals surface area contributed by atoms with Crippen molar-refractivity contribution < 1.29 is 4.79 Å². The van der Waals surface area contributed by atoms with Gasteiger partial charge in [0.15, 0.2) is 5.11 Å². The molecule has 2 aliphatic rings. The van der Waals surface area contributed by atoms with Crippen molar-refractivity contribution in [2.45, 2.75) is 31.8 Å². The Kier molecular flexibility index (Phi) is 5.67. The molecule has 2 aliphatic heterocycles. The predicted octanol–water partition coefficient (Wildman–Crippen LogP) is 2.02. The van der Waals surface area contributed by atoms with E-state index >= 15 is 0 Å². The van der Waals surface area contributed by atoms with Gasteiger partial charge in [0.2, 0.25) is 5.91 Å². The second kappa shape index (κ2) is 8.37. The number of nitrogens with one attached hydrogen (secondary N) is 2. The maximum Gasteiger partial charge on any atom is 0.250 e. The second-order valence-electron chi connectivity index (χ2n) is 7.96. The van der Waals surface area contributed by atoms with E-state index in [0.717, 1.165) is 37.3 Å². The fourth-order valence-electron chi connectivity index (χ4n) is 4.45. The Balaban J connectivity index is 1.32. The molecule has 1 aromatic heterocycles. The topological polar surface area (TPSA) is 66.4 Å². The zero-order chi connectivity index (χ0) is 20.4. The lowest BCUT2D eigenvalue weighted by Crippen LogP contribution is -2.52. The third-order valence-corrected chi connectivity index (χ3v) is 6.25. The molecule has 4 rings (SSSR count). The van der Waals surface area contributed by atoms with Gasteiger partial charge in [-0.25, -0.2) is 0 Å². The van der Waals surface area contributed by atoms with Gasteiger partial charge in [-0.2, -0.15) is 0 Å². The summed E-state index contributed by atoms with van der Waals surface area (Å²) in [6.07, 6.45) is 1.08. The van der Waals surface area contributed by atoms with Crippen LogP contribution < -0.4 is 16.2 Å². The van der Waals surface area contributed by atoms with Crippen LogP contribution in [0.4, 0.5) is 0 Å². The Labute approximate surface area is 175 Å². The number of amides is 1. The molecule has 3 atom stereocenters. The number of aromatic nitrogens is 1. The molecule has 7 heteroatoms. The molecule has 3 heterocycles. The molecule has 1 saturated heterocycles. The number of hydrogen-bond donors (Lipinski definition) is 2. The first kappa shape index (κ1) is 19.6. The Morgan fingerprint density at radius 2 is 1.93 bits per heavy atom. The van der Waals surface area contributed by atoms with E-state index in [1.54, 1.807) is 6.07 Å². The Bertz CT molecular complexity index is 959. The number of likely N-dealkylation sites (tertiary alicyclic amines) is 1. The van der Waals surface area contributed by atoms with Crippen LogP contribution in [0, 0.1) is 5.92 Å². The summed E-state index contributed by atoms with van der Waals surface area (Å²) in [5.41, 5.74) is 2.24. The summed E-state index contributed by atoms with van der Waals surface area (Å²) in [7, 11) is 0. The van der Waals surface area contributed by atoms with E-state index in [1.165, 1.54) is 0 Å². The first-order valence-corrected chi connectivity index (χ1v) is 10.5. The fraction of sp³-hybridized carbons (Fsp3) is 0.409. The third-order valence-electron chi connectivity index (χ3n) is 5.84. The monoisotopic (exact) mass is 410 g/mol. The minimum absolute atomic E-state index is 0.0526. The average molecular weight is 411 g/mol. The van der Waals surface area contributed by atoms with Crippen molar-refractivity contribution in [1.29, 1.82) is 0 Å². The summed E-state index contributed by atoms with van der Waals surface area (Å²) in [5.74, 6) is 0.605. The van der Waals surface area contributed by atoms with Crippen molar-refractivity contribution >= 4 is 23.2 Å².